The predicted molar refractivity (Wildman–Crippen MR) is 109 cm³/mol. The van der Waals surface area contributed by atoms with Crippen molar-refractivity contribution in [2.75, 3.05) is 11.9 Å². The molecule has 152 valence electrons. The summed E-state index contributed by atoms with van der Waals surface area (Å²) in [5, 5.41) is 5.19. The monoisotopic (exact) mass is 409 g/mol. The van der Waals surface area contributed by atoms with E-state index in [-0.39, 0.29) is 49.1 Å². The maximum Gasteiger partial charge on any atom is 0.243 e. The van der Waals surface area contributed by atoms with E-state index in [0.717, 1.165) is 0 Å². The van der Waals surface area contributed by atoms with Crippen molar-refractivity contribution in [3.63, 3.8) is 0 Å². The van der Waals surface area contributed by atoms with Crippen molar-refractivity contribution < 1.29 is 18.7 Å². The Balaban J connectivity index is 0.00000392. The molecule has 0 saturated carbocycles. The second-order valence-corrected chi connectivity index (χ2v) is 6.48. The molecule has 0 aliphatic carbocycles. The molecule has 0 fully saturated rings. The summed E-state index contributed by atoms with van der Waals surface area (Å²) in [6.07, 6.45) is 0. The molecule has 1 atom stereocenters. The van der Waals surface area contributed by atoms with Crippen LogP contribution in [0.3, 0.4) is 0 Å². The normalized spacial score (nSPS) is 11.3. The molecule has 6 nitrogen and oxygen atoms in total. The van der Waals surface area contributed by atoms with Gasteiger partial charge in [-0.3, -0.25) is 9.59 Å². The molecule has 2 aromatic carbocycles. The molecule has 2 amide bonds. The van der Waals surface area contributed by atoms with Crippen LogP contribution in [0.4, 0.5) is 10.1 Å². The number of benzene rings is 2. The number of amides is 2. The van der Waals surface area contributed by atoms with Gasteiger partial charge in [0.05, 0.1) is 12.6 Å². The van der Waals surface area contributed by atoms with Crippen molar-refractivity contribution in [3.05, 3.63) is 59.9 Å². The lowest BCUT2D eigenvalue weighted by Gasteiger charge is -2.15. The second kappa shape index (κ2) is 11.3. The summed E-state index contributed by atoms with van der Waals surface area (Å²) in [6.45, 7) is 3.70. The first-order valence-corrected chi connectivity index (χ1v) is 8.65. The summed E-state index contributed by atoms with van der Waals surface area (Å²) in [4.78, 5) is 23.8. The predicted octanol–water partition coefficient (Wildman–Crippen LogP) is 2.86. The second-order valence-electron chi connectivity index (χ2n) is 6.48. The molecule has 4 N–H and O–H groups in total. The molecule has 0 radical (unpaired) electrons. The molecular weight excluding hydrogens is 385 g/mol. The quantitative estimate of drug-likeness (QED) is 0.625. The summed E-state index contributed by atoms with van der Waals surface area (Å²) in [6, 6.07) is 12.3. The lowest BCUT2D eigenvalue weighted by molar-refractivity contribution is -0.125. The molecule has 0 saturated heterocycles. The number of anilines is 1. The lowest BCUT2D eigenvalue weighted by Crippen LogP contribution is -2.46. The van der Waals surface area contributed by atoms with E-state index in [2.05, 4.69) is 10.6 Å². The number of carbonyl (C=O) groups excluding carboxylic acids is 2. The van der Waals surface area contributed by atoms with E-state index in [9.17, 15) is 14.0 Å². The number of rotatable bonds is 8. The van der Waals surface area contributed by atoms with Crippen LogP contribution in [-0.2, 0) is 16.2 Å². The summed E-state index contributed by atoms with van der Waals surface area (Å²) in [5.41, 5.74) is 6.95. The molecular formula is C20H25ClFN3O3. The zero-order chi connectivity index (χ0) is 19.8. The average molecular weight is 410 g/mol. The van der Waals surface area contributed by atoms with Gasteiger partial charge in [-0.25, -0.2) is 4.39 Å². The summed E-state index contributed by atoms with van der Waals surface area (Å²) in [7, 11) is 0. The van der Waals surface area contributed by atoms with Gasteiger partial charge in [0.25, 0.3) is 0 Å². The van der Waals surface area contributed by atoms with Gasteiger partial charge in [-0.05, 0) is 35.7 Å². The van der Waals surface area contributed by atoms with Gasteiger partial charge >= 0.3 is 0 Å². The molecule has 0 aliphatic rings. The molecule has 28 heavy (non-hydrogen) atoms. The minimum Gasteiger partial charge on any atom is -0.489 e. The highest BCUT2D eigenvalue weighted by Gasteiger charge is 2.17. The van der Waals surface area contributed by atoms with Crippen LogP contribution in [0.1, 0.15) is 19.4 Å². The number of carbonyl (C=O) groups is 2. The van der Waals surface area contributed by atoms with E-state index >= 15 is 0 Å². The largest absolute Gasteiger partial charge is 0.489 e. The van der Waals surface area contributed by atoms with Crippen LogP contribution in [0.15, 0.2) is 48.5 Å². The van der Waals surface area contributed by atoms with Crippen LogP contribution >= 0.6 is 12.4 Å². The molecule has 8 heteroatoms. The van der Waals surface area contributed by atoms with E-state index in [1.54, 1.807) is 36.4 Å². The van der Waals surface area contributed by atoms with E-state index in [4.69, 9.17) is 10.5 Å². The average Bonchev–Trinajstić information content (AvgIpc) is 2.64. The zero-order valence-corrected chi connectivity index (χ0v) is 16.6. The van der Waals surface area contributed by atoms with E-state index in [1.165, 1.54) is 12.1 Å². The van der Waals surface area contributed by atoms with Gasteiger partial charge in [-0.1, -0.05) is 32.0 Å². The van der Waals surface area contributed by atoms with E-state index in [1.807, 2.05) is 13.8 Å². The minimum absolute atomic E-state index is 0. The number of nitrogens with two attached hydrogens (primary N) is 1. The van der Waals surface area contributed by atoms with Gasteiger partial charge < -0.3 is 21.1 Å². The molecule has 0 heterocycles. The SMILES string of the molecule is CC(C)[C@H](N)C(=O)NCC(=O)Nc1cccc(OCc2cccc(F)c2)c1.Cl. The first-order chi connectivity index (χ1) is 12.8. The van der Waals surface area contributed by atoms with Crippen LogP contribution in [0.25, 0.3) is 0 Å². The third-order valence-corrected chi connectivity index (χ3v) is 3.86. The fourth-order valence-electron chi connectivity index (χ4n) is 2.25. The number of hydrogen-bond donors (Lipinski definition) is 3. The first kappa shape index (κ1) is 23.4. The Morgan fingerprint density at radius 1 is 1.14 bits per heavy atom. The molecule has 0 aliphatic heterocycles. The lowest BCUT2D eigenvalue weighted by atomic mass is 10.1. The molecule has 0 aromatic heterocycles. The highest BCUT2D eigenvalue weighted by Crippen LogP contribution is 2.18. The van der Waals surface area contributed by atoms with Gasteiger partial charge in [0, 0.05) is 11.8 Å². The molecule has 2 rings (SSSR count). The zero-order valence-electron chi connectivity index (χ0n) is 15.8. The Morgan fingerprint density at radius 2 is 1.86 bits per heavy atom. The van der Waals surface area contributed by atoms with E-state index < -0.39 is 6.04 Å². The fourth-order valence-corrected chi connectivity index (χ4v) is 2.25. The fraction of sp³-hybridized carbons (Fsp3) is 0.300. The highest BCUT2D eigenvalue weighted by atomic mass is 35.5. The molecule has 0 unspecified atom stereocenters. The maximum absolute atomic E-state index is 13.2. The maximum atomic E-state index is 13.2. The van der Waals surface area contributed by atoms with Crippen LogP contribution in [-0.4, -0.2) is 24.4 Å². The van der Waals surface area contributed by atoms with Crippen LogP contribution < -0.4 is 21.1 Å². The third kappa shape index (κ3) is 7.54. The van der Waals surface area contributed by atoms with Crippen molar-refractivity contribution in [3.8, 4) is 5.75 Å². The Labute approximate surface area is 170 Å². The van der Waals surface area contributed by atoms with Crippen LogP contribution in [0.2, 0.25) is 0 Å². The van der Waals surface area contributed by atoms with Gasteiger partial charge in [-0.15, -0.1) is 12.4 Å². The van der Waals surface area contributed by atoms with Gasteiger partial charge in [0.1, 0.15) is 18.2 Å². The summed E-state index contributed by atoms with van der Waals surface area (Å²) in [5.74, 6) is -0.548. The van der Waals surface area contributed by atoms with Crippen molar-refractivity contribution in [1.82, 2.24) is 5.32 Å². The van der Waals surface area contributed by atoms with Gasteiger partial charge in [-0.2, -0.15) is 0 Å². The number of nitrogens with one attached hydrogen (secondary N) is 2. The van der Waals surface area contributed by atoms with E-state index in [0.29, 0.717) is 17.0 Å². The van der Waals surface area contributed by atoms with Crippen LogP contribution in [0.5, 0.6) is 5.75 Å². The third-order valence-electron chi connectivity index (χ3n) is 3.86. The van der Waals surface area contributed by atoms with Gasteiger partial charge in [0.15, 0.2) is 0 Å². The Bertz CT molecular complexity index is 802. The topological polar surface area (TPSA) is 93.5 Å². The standard InChI is InChI=1S/C20H24FN3O3.ClH/c1-13(2)19(22)20(26)23-11-18(25)24-16-7-4-8-17(10-16)27-12-14-5-3-6-15(21)9-14;/h3-10,13,19H,11-12,22H2,1-2H3,(H,23,26)(H,24,25);1H/t19-;/m0./s1. The van der Waals surface area contributed by atoms with Crippen molar-refractivity contribution in [1.29, 1.82) is 0 Å². The number of hydrogen-bond acceptors (Lipinski definition) is 4. The van der Waals surface area contributed by atoms with Crippen molar-refractivity contribution in [2.45, 2.75) is 26.5 Å². The Hall–Kier alpha value is -2.64. The van der Waals surface area contributed by atoms with Crippen molar-refractivity contribution in [2.24, 2.45) is 11.7 Å². The minimum atomic E-state index is -0.655. The number of halogens is 2. The molecule has 0 bridgehead atoms. The van der Waals surface area contributed by atoms with Crippen LogP contribution in [0, 0.1) is 11.7 Å². The smallest absolute Gasteiger partial charge is 0.243 e. The highest BCUT2D eigenvalue weighted by molar-refractivity contribution is 5.95. The Morgan fingerprint density at radius 3 is 2.54 bits per heavy atom. The van der Waals surface area contributed by atoms with Crippen molar-refractivity contribution >= 4 is 29.9 Å². The summed E-state index contributed by atoms with van der Waals surface area (Å²) < 4.78 is 18.8. The molecule has 0 spiro atoms. The Kier molecular flexibility index (Phi) is 9.41. The van der Waals surface area contributed by atoms with Gasteiger partial charge in [0.2, 0.25) is 11.8 Å². The first-order valence-electron chi connectivity index (χ1n) is 8.65. The molecule has 2 aromatic rings. The number of ether oxygens (including phenoxy) is 1. The summed E-state index contributed by atoms with van der Waals surface area (Å²) >= 11 is 0.